The number of hydrogen-bond acceptors (Lipinski definition) is 4. The molecule has 6 nitrogen and oxygen atoms in total. The average Bonchev–Trinajstić information content (AvgIpc) is 3.32. The number of carboxylic acid groups (broad SMARTS) is 1. The third-order valence-electron chi connectivity index (χ3n) is 8.76. The van der Waals surface area contributed by atoms with Crippen LogP contribution >= 0.6 is 0 Å². The maximum absolute atomic E-state index is 13.8. The molecule has 1 aromatic heterocycles. The molecule has 1 aliphatic heterocycles. The van der Waals surface area contributed by atoms with E-state index in [9.17, 15) is 14.7 Å². The zero-order valence-electron chi connectivity index (χ0n) is 24.6. The minimum atomic E-state index is -0.727. The van der Waals surface area contributed by atoms with Gasteiger partial charge < -0.3 is 14.7 Å². The Bertz CT molecular complexity index is 1180. The molecule has 1 saturated carbocycles. The van der Waals surface area contributed by atoms with Gasteiger partial charge in [-0.3, -0.25) is 14.6 Å². The van der Waals surface area contributed by atoms with Crippen LogP contribution in [0.25, 0.3) is 0 Å². The van der Waals surface area contributed by atoms with Crippen LogP contribution in [0.15, 0.2) is 54.9 Å². The highest BCUT2D eigenvalue weighted by Crippen LogP contribution is 2.48. The number of fused-ring (bicyclic) bond motifs is 1. The molecular weight excluding hydrogens is 500 g/mol. The van der Waals surface area contributed by atoms with Crippen molar-refractivity contribution in [2.75, 3.05) is 18.1 Å². The second-order valence-electron chi connectivity index (χ2n) is 12.4. The molecule has 4 atom stereocenters. The van der Waals surface area contributed by atoms with Gasteiger partial charge in [0.25, 0.3) is 0 Å². The van der Waals surface area contributed by atoms with Crippen LogP contribution < -0.4 is 9.64 Å². The number of benzene rings is 1. The number of unbranched alkanes of at least 4 members (excludes halogenated alkanes) is 1. The molecule has 1 aromatic carbocycles. The summed E-state index contributed by atoms with van der Waals surface area (Å²) in [5.41, 5.74) is 2.96. The van der Waals surface area contributed by atoms with Gasteiger partial charge in [0.2, 0.25) is 5.91 Å². The largest absolute Gasteiger partial charge is 0.493 e. The molecular formula is C34H46N2O4. The Kier molecular flexibility index (Phi) is 10.0. The lowest BCUT2D eigenvalue weighted by atomic mass is 9.70. The lowest BCUT2D eigenvalue weighted by molar-refractivity contribution is -0.145. The highest BCUT2D eigenvalue weighted by atomic mass is 16.5. The number of ether oxygens (including phenoxy) is 1. The van der Waals surface area contributed by atoms with Gasteiger partial charge in [0.05, 0.1) is 24.4 Å². The van der Waals surface area contributed by atoms with Gasteiger partial charge in [-0.15, -0.1) is 0 Å². The summed E-state index contributed by atoms with van der Waals surface area (Å²) in [4.78, 5) is 32.9. The molecule has 1 unspecified atom stereocenters. The fourth-order valence-electron chi connectivity index (χ4n) is 6.93. The van der Waals surface area contributed by atoms with Crippen molar-refractivity contribution in [2.45, 2.75) is 85.0 Å². The van der Waals surface area contributed by atoms with E-state index in [0.717, 1.165) is 61.1 Å². The van der Waals surface area contributed by atoms with E-state index in [0.29, 0.717) is 26.0 Å². The maximum Gasteiger partial charge on any atom is 0.307 e. The number of carbonyl (C=O) groups is 2. The zero-order valence-corrected chi connectivity index (χ0v) is 24.6. The van der Waals surface area contributed by atoms with Crippen LogP contribution in [0.5, 0.6) is 5.75 Å². The van der Waals surface area contributed by atoms with Crippen molar-refractivity contribution in [3.63, 3.8) is 0 Å². The van der Waals surface area contributed by atoms with Gasteiger partial charge in [-0.05, 0) is 91.5 Å². The average molecular weight is 547 g/mol. The summed E-state index contributed by atoms with van der Waals surface area (Å²) < 4.78 is 5.75. The van der Waals surface area contributed by atoms with Crippen molar-refractivity contribution in [1.29, 1.82) is 0 Å². The lowest BCUT2D eigenvalue weighted by Crippen LogP contribution is -2.34. The second kappa shape index (κ2) is 13.5. The first-order valence-electron chi connectivity index (χ1n) is 15.0. The van der Waals surface area contributed by atoms with Gasteiger partial charge in [-0.25, -0.2) is 0 Å². The number of carboxylic acids is 1. The van der Waals surface area contributed by atoms with Crippen molar-refractivity contribution < 1.29 is 19.4 Å². The number of carbonyl (C=O) groups excluding carboxylic acids is 1. The van der Waals surface area contributed by atoms with Crippen molar-refractivity contribution in [1.82, 2.24) is 4.98 Å². The molecule has 0 radical (unpaired) electrons. The van der Waals surface area contributed by atoms with E-state index in [4.69, 9.17) is 4.74 Å². The van der Waals surface area contributed by atoms with E-state index in [1.54, 1.807) is 12.4 Å². The number of nitrogens with zero attached hydrogens (tertiary/aromatic N) is 2. The fourth-order valence-corrected chi connectivity index (χ4v) is 6.93. The van der Waals surface area contributed by atoms with E-state index >= 15 is 0 Å². The first kappa shape index (κ1) is 29.8. The molecule has 2 aliphatic rings. The van der Waals surface area contributed by atoms with Crippen LogP contribution in [0.3, 0.4) is 0 Å². The SMILES string of the molecule is C/C=C/C(C)(C)C[C@@H]1CCC(CC(=O)N(CCCC)c2cccnc2)C[C@H](c2ccc3c(c2)CCO3)[C@H]1C(=O)O. The number of amides is 1. The maximum atomic E-state index is 13.8. The van der Waals surface area contributed by atoms with Crippen molar-refractivity contribution >= 4 is 17.6 Å². The van der Waals surface area contributed by atoms with Gasteiger partial charge in [0, 0.05) is 25.6 Å². The first-order chi connectivity index (χ1) is 19.2. The van der Waals surface area contributed by atoms with Gasteiger partial charge in [0.15, 0.2) is 0 Å². The van der Waals surface area contributed by atoms with E-state index in [1.165, 1.54) is 0 Å². The van der Waals surface area contributed by atoms with E-state index in [2.05, 4.69) is 50.0 Å². The fraction of sp³-hybridized carbons (Fsp3) is 0.559. The minimum absolute atomic E-state index is 0.0211. The molecule has 1 N–H and O–H groups in total. The Morgan fingerprint density at radius 3 is 2.75 bits per heavy atom. The zero-order chi connectivity index (χ0) is 28.7. The van der Waals surface area contributed by atoms with E-state index in [1.807, 2.05) is 30.0 Å². The van der Waals surface area contributed by atoms with E-state index < -0.39 is 11.9 Å². The van der Waals surface area contributed by atoms with Gasteiger partial charge in [-0.2, -0.15) is 0 Å². The Morgan fingerprint density at radius 2 is 2.05 bits per heavy atom. The molecule has 1 fully saturated rings. The molecule has 40 heavy (non-hydrogen) atoms. The predicted octanol–water partition coefficient (Wildman–Crippen LogP) is 7.43. The molecule has 0 spiro atoms. The Balaban J connectivity index is 1.65. The number of aromatic nitrogens is 1. The number of pyridine rings is 1. The second-order valence-corrected chi connectivity index (χ2v) is 12.4. The summed E-state index contributed by atoms with van der Waals surface area (Å²) in [6, 6.07) is 10.1. The monoisotopic (exact) mass is 546 g/mol. The molecule has 4 rings (SSSR count). The third-order valence-corrected chi connectivity index (χ3v) is 8.76. The van der Waals surface area contributed by atoms with Crippen LogP contribution in [-0.4, -0.2) is 35.1 Å². The minimum Gasteiger partial charge on any atom is -0.493 e. The summed E-state index contributed by atoms with van der Waals surface area (Å²) in [6.07, 6.45) is 14.1. The molecule has 2 heterocycles. The molecule has 0 saturated heterocycles. The molecule has 6 heteroatoms. The van der Waals surface area contributed by atoms with E-state index in [-0.39, 0.29) is 29.1 Å². The van der Waals surface area contributed by atoms with Gasteiger partial charge in [-0.1, -0.05) is 51.5 Å². The predicted molar refractivity (Wildman–Crippen MR) is 160 cm³/mol. The highest BCUT2D eigenvalue weighted by Gasteiger charge is 2.42. The third kappa shape index (κ3) is 7.32. The topological polar surface area (TPSA) is 79.7 Å². The smallest absolute Gasteiger partial charge is 0.307 e. The Hall–Kier alpha value is -3.15. The number of rotatable bonds is 11. The molecule has 1 amide bonds. The Labute approximate surface area is 239 Å². The molecule has 1 aliphatic carbocycles. The number of hydrogen-bond donors (Lipinski definition) is 1. The van der Waals surface area contributed by atoms with Gasteiger partial charge >= 0.3 is 5.97 Å². The standard InChI is InChI=1S/C34H46N2O4/c1-5-7-17-36(28-9-8-16-35-23-28)31(37)20-24-10-11-27(22-34(3,4)15-6-2)32(33(38)39)29(19-24)25-12-13-30-26(21-25)14-18-40-30/h6,8-9,12-13,15-16,21,23-24,27,29,32H,5,7,10-11,14,17-20,22H2,1-4H3,(H,38,39)/b15-6+/t24?,27-,29+,32-/m0/s1. The van der Waals surface area contributed by atoms with Crippen molar-refractivity contribution in [3.05, 3.63) is 66.0 Å². The van der Waals surface area contributed by atoms with Crippen LogP contribution in [0.2, 0.25) is 0 Å². The molecule has 216 valence electrons. The van der Waals surface area contributed by atoms with Crippen LogP contribution in [0.4, 0.5) is 5.69 Å². The molecule has 0 bridgehead atoms. The summed E-state index contributed by atoms with van der Waals surface area (Å²) in [5.74, 6) is -0.240. The normalized spacial score (nSPS) is 22.9. The van der Waals surface area contributed by atoms with Crippen molar-refractivity contribution in [2.24, 2.45) is 23.2 Å². The summed E-state index contributed by atoms with van der Waals surface area (Å²) in [5, 5.41) is 10.7. The summed E-state index contributed by atoms with van der Waals surface area (Å²) >= 11 is 0. The van der Waals surface area contributed by atoms with Crippen LogP contribution in [0, 0.1) is 23.2 Å². The number of aliphatic carboxylic acids is 1. The lowest BCUT2D eigenvalue weighted by Gasteiger charge is -2.33. The van der Waals surface area contributed by atoms with Crippen LogP contribution in [-0.2, 0) is 16.0 Å². The number of allylic oxidation sites excluding steroid dienone is 2. The van der Waals surface area contributed by atoms with Crippen molar-refractivity contribution in [3.8, 4) is 5.75 Å². The summed E-state index contributed by atoms with van der Waals surface area (Å²) in [7, 11) is 0. The summed E-state index contributed by atoms with van der Waals surface area (Å²) in [6.45, 7) is 9.88. The quantitative estimate of drug-likeness (QED) is 0.234. The number of anilines is 1. The van der Waals surface area contributed by atoms with Crippen LogP contribution in [0.1, 0.15) is 89.7 Å². The van der Waals surface area contributed by atoms with Gasteiger partial charge in [0.1, 0.15) is 5.75 Å². The first-order valence-corrected chi connectivity index (χ1v) is 15.0. The Morgan fingerprint density at radius 1 is 1.23 bits per heavy atom. The highest BCUT2D eigenvalue weighted by molar-refractivity contribution is 5.93. The molecule has 2 aromatic rings.